The molecule has 0 fully saturated rings. The van der Waals surface area contributed by atoms with Gasteiger partial charge in [-0.3, -0.25) is 14.9 Å². The minimum Gasteiger partial charge on any atom is -0.410 e. The lowest BCUT2D eigenvalue weighted by Gasteiger charge is -2.15. The zero-order valence-electron chi connectivity index (χ0n) is 16.8. The summed E-state index contributed by atoms with van der Waals surface area (Å²) >= 11 is 0. The van der Waals surface area contributed by atoms with Gasteiger partial charge in [-0.25, -0.2) is 9.18 Å². The maximum atomic E-state index is 14.0. The molecule has 0 saturated heterocycles. The Bertz CT molecular complexity index is 1140. The Hall–Kier alpha value is -4.00. The number of ether oxygens (including phenoxy) is 1. The molecule has 1 aromatic carbocycles. The van der Waals surface area contributed by atoms with E-state index in [0.717, 1.165) is 11.3 Å². The molecular weight excluding hydrogens is 395 g/mol. The monoisotopic (exact) mass is 416 g/mol. The molecule has 0 N–H and O–H groups in total. The fraction of sp³-hybridized carbons (Fsp3) is 0.125. The molecule has 2 aliphatic heterocycles. The molecule has 156 valence electrons. The number of fused-ring (bicyclic) bond motifs is 2. The number of hydrogen-bond donors (Lipinski definition) is 0. The van der Waals surface area contributed by atoms with Gasteiger partial charge in [-0.2, -0.15) is 0 Å². The maximum Gasteiger partial charge on any atom is 0.415 e. The Kier molecular flexibility index (Phi) is 6.32. The van der Waals surface area contributed by atoms with Crippen LogP contribution in [0.2, 0.25) is 0 Å². The second-order valence-corrected chi connectivity index (χ2v) is 6.92. The van der Waals surface area contributed by atoms with Crippen LogP contribution in [-0.4, -0.2) is 28.0 Å². The average Bonchev–Trinajstić information content (AvgIpc) is 3.39. The molecule has 0 radical (unpaired) electrons. The summed E-state index contributed by atoms with van der Waals surface area (Å²) in [6, 6.07) is 8.75. The number of benzene rings is 1. The molecule has 3 heterocycles. The highest BCUT2D eigenvalue weighted by atomic mass is 19.1. The molecule has 2 aromatic rings. The number of aromatic nitrogens is 1. The Morgan fingerprint density at radius 3 is 2.90 bits per heavy atom. The van der Waals surface area contributed by atoms with Crippen LogP contribution in [0.5, 0.6) is 0 Å². The van der Waals surface area contributed by atoms with Crippen molar-refractivity contribution in [1.29, 1.82) is 0 Å². The number of rotatable bonds is 1. The zero-order chi connectivity index (χ0) is 21.5. The highest BCUT2D eigenvalue weighted by Gasteiger charge is 2.27. The average molecular weight is 416 g/mol. The predicted molar refractivity (Wildman–Crippen MR) is 118 cm³/mol. The van der Waals surface area contributed by atoms with Gasteiger partial charge in [0.25, 0.3) is 0 Å². The lowest BCUT2D eigenvalue weighted by molar-refractivity contribution is 0.130. The smallest absolute Gasteiger partial charge is 0.410 e. The lowest BCUT2D eigenvalue weighted by atomic mass is 10.1. The molecule has 0 saturated carbocycles. The fourth-order valence-corrected chi connectivity index (χ4v) is 3.27. The predicted octanol–water partition coefficient (Wildman–Crippen LogP) is 4.75. The van der Waals surface area contributed by atoms with Gasteiger partial charge in [-0.1, -0.05) is 18.2 Å². The van der Waals surface area contributed by atoms with Gasteiger partial charge >= 0.3 is 6.09 Å². The summed E-state index contributed by atoms with van der Waals surface area (Å²) in [5, 5.41) is 0. The van der Waals surface area contributed by atoms with Crippen molar-refractivity contribution in [1.82, 2.24) is 9.47 Å². The highest BCUT2D eigenvalue weighted by molar-refractivity contribution is 5.78. The van der Waals surface area contributed by atoms with Crippen molar-refractivity contribution in [3.8, 4) is 0 Å². The largest absolute Gasteiger partial charge is 0.415 e. The van der Waals surface area contributed by atoms with Crippen molar-refractivity contribution in [2.75, 3.05) is 0 Å². The van der Waals surface area contributed by atoms with E-state index in [2.05, 4.69) is 9.98 Å². The molecular formula is C24H21FN4O2. The van der Waals surface area contributed by atoms with Crippen molar-refractivity contribution < 1.29 is 13.9 Å². The van der Waals surface area contributed by atoms with Crippen LogP contribution in [0.15, 0.2) is 95.1 Å². The van der Waals surface area contributed by atoms with E-state index in [9.17, 15) is 9.18 Å². The fourth-order valence-electron chi connectivity index (χ4n) is 3.27. The van der Waals surface area contributed by atoms with Gasteiger partial charge in [0.2, 0.25) is 0 Å². The molecule has 0 atom stereocenters. The first-order chi connectivity index (χ1) is 15.2. The SMILES string of the molecule is O=C(OC1=CC=CC=NC=CCn2cccc2C=NC=C1)N1Cc2cccc(F)c2C1. The van der Waals surface area contributed by atoms with E-state index < -0.39 is 6.09 Å². The molecule has 0 bridgehead atoms. The van der Waals surface area contributed by atoms with E-state index in [-0.39, 0.29) is 12.4 Å². The van der Waals surface area contributed by atoms with Crippen LogP contribution < -0.4 is 0 Å². The van der Waals surface area contributed by atoms with E-state index in [1.807, 2.05) is 35.0 Å². The van der Waals surface area contributed by atoms with Crippen LogP contribution in [0.1, 0.15) is 16.8 Å². The molecule has 4 rings (SSSR count). The van der Waals surface area contributed by atoms with Gasteiger partial charge in [0, 0.05) is 43.5 Å². The third kappa shape index (κ3) is 5.14. The quantitative estimate of drug-likeness (QED) is 0.674. The number of aliphatic imine (C=N–C) groups is 2. The molecule has 0 unspecified atom stereocenters. The minimum atomic E-state index is -0.549. The van der Waals surface area contributed by atoms with Crippen LogP contribution in [0.4, 0.5) is 9.18 Å². The lowest BCUT2D eigenvalue weighted by Crippen LogP contribution is -2.25. The second kappa shape index (κ2) is 9.67. The first-order valence-corrected chi connectivity index (χ1v) is 9.84. The van der Waals surface area contributed by atoms with Crippen molar-refractivity contribution in [2.24, 2.45) is 9.98 Å². The minimum absolute atomic E-state index is 0.182. The Morgan fingerprint density at radius 2 is 2.00 bits per heavy atom. The van der Waals surface area contributed by atoms with Crippen LogP contribution in [0.25, 0.3) is 0 Å². The van der Waals surface area contributed by atoms with Crippen LogP contribution >= 0.6 is 0 Å². The van der Waals surface area contributed by atoms with Crippen molar-refractivity contribution >= 4 is 18.5 Å². The molecule has 6 nitrogen and oxygen atoms in total. The molecule has 0 aliphatic carbocycles. The number of hydrogen-bond acceptors (Lipinski definition) is 4. The zero-order valence-corrected chi connectivity index (χ0v) is 16.8. The van der Waals surface area contributed by atoms with E-state index in [1.54, 1.807) is 55.2 Å². The topological polar surface area (TPSA) is 59.2 Å². The second-order valence-electron chi connectivity index (χ2n) is 6.92. The molecule has 1 aromatic heterocycles. The standard InChI is InChI=1S/C24H21FN4O2/c25-23-9-3-6-19-17-29(18-22(19)23)24(30)31-21-8-1-2-11-26-12-5-15-28-14-4-7-20(28)16-27-13-10-21/h1-14,16H,15,17-18H2. The van der Waals surface area contributed by atoms with Gasteiger partial charge in [0.1, 0.15) is 11.6 Å². The van der Waals surface area contributed by atoms with E-state index >= 15 is 0 Å². The van der Waals surface area contributed by atoms with Crippen molar-refractivity contribution in [3.05, 3.63) is 108 Å². The summed E-state index contributed by atoms with van der Waals surface area (Å²) in [6.45, 7) is 1.17. The number of carbonyl (C=O) groups is 1. The van der Waals surface area contributed by atoms with Crippen molar-refractivity contribution in [2.45, 2.75) is 19.6 Å². The van der Waals surface area contributed by atoms with Crippen LogP contribution in [0.3, 0.4) is 0 Å². The molecule has 1 amide bonds. The van der Waals surface area contributed by atoms with E-state index in [0.29, 0.717) is 24.4 Å². The molecule has 31 heavy (non-hydrogen) atoms. The summed E-state index contributed by atoms with van der Waals surface area (Å²) in [6.07, 6.45) is 16.7. The number of allylic oxidation sites excluding steroid dienone is 5. The first kappa shape index (κ1) is 20.3. The molecule has 2 aliphatic rings. The van der Waals surface area contributed by atoms with Gasteiger partial charge in [0.05, 0.1) is 18.5 Å². The third-order valence-electron chi connectivity index (χ3n) is 4.82. The van der Waals surface area contributed by atoms with Crippen LogP contribution in [0, 0.1) is 5.82 Å². The van der Waals surface area contributed by atoms with E-state index in [1.165, 1.54) is 11.0 Å². The van der Waals surface area contributed by atoms with Gasteiger partial charge < -0.3 is 9.30 Å². The van der Waals surface area contributed by atoms with Gasteiger partial charge in [-0.05, 0) is 48.1 Å². The number of carbonyl (C=O) groups excluding carboxylic acids is 1. The highest BCUT2D eigenvalue weighted by Crippen LogP contribution is 2.26. The first-order valence-electron chi connectivity index (χ1n) is 9.84. The number of halogens is 1. The Morgan fingerprint density at radius 1 is 1.06 bits per heavy atom. The summed E-state index contributed by atoms with van der Waals surface area (Å²) < 4.78 is 21.5. The molecule has 0 spiro atoms. The number of nitrogens with zero attached hydrogens (tertiary/aromatic N) is 4. The van der Waals surface area contributed by atoms with Gasteiger partial charge in [-0.15, -0.1) is 0 Å². The van der Waals surface area contributed by atoms with Crippen LogP contribution in [-0.2, 0) is 24.4 Å². The summed E-state index contributed by atoms with van der Waals surface area (Å²) in [5.74, 6) is 0.000188. The number of amides is 1. The van der Waals surface area contributed by atoms with Gasteiger partial charge in [0.15, 0.2) is 0 Å². The molecule has 7 heteroatoms. The third-order valence-corrected chi connectivity index (χ3v) is 4.82. The summed E-state index contributed by atoms with van der Waals surface area (Å²) in [7, 11) is 0. The van der Waals surface area contributed by atoms with E-state index in [4.69, 9.17) is 4.74 Å². The normalized spacial score (nSPS) is 15.8. The summed E-state index contributed by atoms with van der Waals surface area (Å²) in [4.78, 5) is 22.6. The Labute approximate surface area is 179 Å². The maximum absolute atomic E-state index is 14.0. The Balaban J connectivity index is 1.50. The van der Waals surface area contributed by atoms with Crippen molar-refractivity contribution in [3.63, 3.8) is 0 Å². The summed E-state index contributed by atoms with van der Waals surface area (Å²) in [5.41, 5.74) is 2.26.